The van der Waals surface area contributed by atoms with E-state index >= 15 is 0 Å². The van der Waals surface area contributed by atoms with Crippen LogP contribution in [0.5, 0.6) is 5.75 Å². The Balaban J connectivity index is 2.12. The van der Waals surface area contributed by atoms with Crippen LogP contribution in [0.2, 0.25) is 0 Å². The highest BCUT2D eigenvalue weighted by molar-refractivity contribution is 6.19. The summed E-state index contributed by atoms with van der Waals surface area (Å²) in [7, 11) is 0. The molecule has 0 atom stereocenters. The minimum atomic E-state index is -0.280. The molecule has 0 radical (unpaired) electrons. The lowest BCUT2D eigenvalue weighted by atomic mass is 9.83. The molecule has 3 nitrogen and oxygen atoms in total. The van der Waals surface area contributed by atoms with Crippen molar-refractivity contribution in [3.05, 3.63) is 29.3 Å². The number of halogens is 1. The maximum absolute atomic E-state index is 12.3. The van der Waals surface area contributed by atoms with Crippen LogP contribution in [0, 0.1) is 6.92 Å². The monoisotopic (exact) mass is 281 g/mol. The molecule has 0 spiro atoms. The third kappa shape index (κ3) is 3.21. The van der Waals surface area contributed by atoms with Crippen molar-refractivity contribution in [2.75, 3.05) is 5.88 Å². The molecule has 1 aliphatic carbocycles. The molecule has 1 amide bonds. The molecule has 1 saturated carbocycles. The van der Waals surface area contributed by atoms with Crippen molar-refractivity contribution >= 4 is 17.5 Å². The first-order valence-electron chi connectivity index (χ1n) is 6.74. The molecule has 0 aromatic heterocycles. The van der Waals surface area contributed by atoms with Gasteiger partial charge in [-0.2, -0.15) is 0 Å². The molecule has 0 unspecified atom stereocenters. The van der Waals surface area contributed by atoms with Crippen LogP contribution in [0.4, 0.5) is 0 Å². The molecular weight excluding hydrogens is 262 g/mol. The average molecular weight is 282 g/mol. The zero-order chi connectivity index (χ0) is 13.9. The number of rotatable bonds is 3. The summed E-state index contributed by atoms with van der Waals surface area (Å²) in [5.74, 6) is 0.436. The van der Waals surface area contributed by atoms with Crippen LogP contribution >= 0.6 is 11.6 Å². The van der Waals surface area contributed by atoms with Crippen LogP contribution in [0.3, 0.4) is 0 Å². The highest BCUT2D eigenvalue weighted by Gasteiger charge is 2.32. The third-order valence-corrected chi connectivity index (χ3v) is 4.43. The largest absolute Gasteiger partial charge is 0.508 e. The van der Waals surface area contributed by atoms with Crippen LogP contribution in [0.25, 0.3) is 0 Å². The number of aryl methyl sites for hydroxylation is 1. The van der Waals surface area contributed by atoms with Crippen LogP contribution in [-0.4, -0.2) is 22.4 Å². The Bertz CT molecular complexity index is 467. The van der Waals surface area contributed by atoms with Crippen molar-refractivity contribution in [1.29, 1.82) is 0 Å². The fourth-order valence-corrected chi connectivity index (χ4v) is 2.92. The Labute approximate surface area is 119 Å². The minimum absolute atomic E-state index is 0.149. The Morgan fingerprint density at radius 1 is 1.37 bits per heavy atom. The van der Waals surface area contributed by atoms with E-state index < -0.39 is 0 Å². The van der Waals surface area contributed by atoms with Gasteiger partial charge in [-0.3, -0.25) is 4.79 Å². The number of alkyl halides is 1. The van der Waals surface area contributed by atoms with Crippen molar-refractivity contribution in [2.45, 2.75) is 44.6 Å². The van der Waals surface area contributed by atoms with Crippen LogP contribution in [0.1, 0.15) is 48.0 Å². The molecule has 0 saturated heterocycles. The number of hydrogen-bond acceptors (Lipinski definition) is 2. The standard InChI is InChI=1S/C15H20ClNO2/c1-11-5-6-12(9-13(11)18)14(19)17-15(10-16)7-3-2-4-8-15/h5-6,9,18H,2-4,7-8,10H2,1H3,(H,17,19). The summed E-state index contributed by atoms with van der Waals surface area (Å²) < 4.78 is 0. The lowest BCUT2D eigenvalue weighted by molar-refractivity contribution is 0.0884. The van der Waals surface area contributed by atoms with Crippen molar-refractivity contribution in [3.8, 4) is 5.75 Å². The Morgan fingerprint density at radius 3 is 2.63 bits per heavy atom. The summed E-state index contributed by atoms with van der Waals surface area (Å²) in [6.07, 6.45) is 5.28. The second-order valence-electron chi connectivity index (χ2n) is 5.43. The van der Waals surface area contributed by atoms with Gasteiger partial charge in [0.15, 0.2) is 0 Å². The summed E-state index contributed by atoms with van der Waals surface area (Å²) in [5.41, 5.74) is 0.969. The number of amides is 1. The van der Waals surface area contributed by atoms with E-state index in [0.717, 1.165) is 31.2 Å². The van der Waals surface area contributed by atoms with Crippen LogP contribution in [-0.2, 0) is 0 Å². The van der Waals surface area contributed by atoms with Crippen LogP contribution < -0.4 is 5.32 Å². The van der Waals surface area contributed by atoms with Crippen molar-refractivity contribution in [1.82, 2.24) is 5.32 Å². The van der Waals surface area contributed by atoms with Crippen LogP contribution in [0.15, 0.2) is 18.2 Å². The molecule has 19 heavy (non-hydrogen) atoms. The quantitative estimate of drug-likeness (QED) is 0.835. The second-order valence-corrected chi connectivity index (χ2v) is 5.70. The topological polar surface area (TPSA) is 49.3 Å². The lowest BCUT2D eigenvalue weighted by Crippen LogP contribution is -2.51. The fourth-order valence-electron chi connectivity index (χ4n) is 2.58. The predicted octanol–water partition coefficient (Wildman–Crippen LogP) is 3.37. The first-order chi connectivity index (χ1) is 9.06. The molecule has 4 heteroatoms. The number of carbonyl (C=O) groups is 1. The zero-order valence-corrected chi connectivity index (χ0v) is 12.0. The van der Waals surface area contributed by atoms with Gasteiger partial charge in [0.25, 0.3) is 5.91 Å². The summed E-state index contributed by atoms with van der Waals surface area (Å²) in [5, 5.41) is 12.7. The first-order valence-corrected chi connectivity index (χ1v) is 7.28. The third-order valence-electron chi connectivity index (χ3n) is 3.92. The van der Waals surface area contributed by atoms with Gasteiger partial charge in [-0.05, 0) is 37.5 Å². The van der Waals surface area contributed by atoms with Crippen molar-refractivity contribution in [2.24, 2.45) is 0 Å². The molecule has 1 aromatic rings. The summed E-state index contributed by atoms with van der Waals surface area (Å²) >= 11 is 6.06. The number of phenolic OH excluding ortho intramolecular Hbond substituents is 1. The number of nitrogens with one attached hydrogen (secondary N) is 1. The Kier molecular flexibility index (Phi) is 4.35. The number of benzene rings is 1. The first kappa shape index (κ1) is 14.2. The molecule has 1 aromatic carbocycles. The molecule has 2 rings (SSSR count). The van der Waals surface area contributed by atoms with Gasteiger partial charge in [0.2, 0.25) is 0 Å². The predicted molar refractivity (Wildman–Crippen MR) is 76.8 cm³/mol. The van der Waals surface area contributed by atoms with E-state index in [1.807, 2.05) is 0 Å². The highest BCUT2D eigenvalue weighted by atomic mass is 35.5. The smallest absolute Gasteiger partial charge is 0.251 e. The van der Waals surface area contributed by atoms with Gasteiger partial charge in [-0.25, -0.2) is 0 Å². The normalized spacial score (nSPS) is 18.0. The molecule has 104 valence electrons. The van der Waals surface area contributed by atoms with Gasteiger partial charge in [-0.1, -0.05) is 25.3 Å². The summed E-state index contributed by atoms with van der Waals surface area (Å²) in [6.45, 7) is 1.80. The van der Waals surface area contributed by atoms with Crippen molar-refractivity contribution < 1.29 is 9.90 Å². The van der Waals surface area contributed by atoms with E-state index in [0.29, 0.717) is 11.4 Å². The van der Waals surface area contributed by atoms with Gasteiger partial charge in [0.1, 0.15) is 5.75 Å². The maximum Gasteiger partial charge on any atom is 0.251 e. The molecule has 0 aliphatic heterocycles. The Hall–Kier alpha value is -1.22. The molecule has 1 fully saturated rings. The van der Waals surface area contributed by atoms with Gasteiger partial charge in [-0.15, -0.1) is 11.6 Å². The SMILES string of the molecule is Cc1ccc(C(=O)NC2(CCl)CCCCC2)cc1O. The zero-order valence-electron chi connectivity index (χ0n) is 11.2. The van der Waals surface area contributed by atoms with E-state index in [1.165, 1.54) is 12.5 Å². The van der Waals surface area contributed by atoms with Gasteiger partial charge in [0, 0.05) is 11.4 Å². The highest BCUT2D eigenvalue weighted by Crippen LogP contribution is 2.30. The number of phenols is 1. The van der Waals surface area contributed by atoms with Gasteiger partial charge >= 0.3 is 0 Å². The van der Waals surface area contributed by atoms with E-state index in [4.69, 9.17) is 11.6 Å². The van der Waals surface area contributed by atoms with Crippen molar-refractivity contribution in [3.63, 3.8) is 0 Å². The number of hydrogen-bond donors (Lipinski definition) is 2. The molecule has 0 bridgehead atoms. The second kappa shape index (κ2) is 5.83. The number of carbonyl (C=O) groups excluding carboxylic acids is 1. The molecular formula is C15H20ClNO2. The van der Waals surface area contributed by atoms with E-state index in [1.54, 1.807) is 19.1 Å². The van der Waals surface area contributed by atoms with Gasteiger partial charge < -0.3 is 10.4 Å². The van der Waals surface area contributed by atoms with E-state index in [2.05, 4.69) is 5.32 Å². The van der Waals surface area contributed by atoms with Gasteiger partial charge in [0.05, 0.1) is 5.54 Å². The fraction of sp³-hybridized carbons (Fsp3) is 0.533. The minimum Gasteiger partial charge on any atom is -0.508 e. The molecule has 1 aliphatic rings. The Morgan fingerprint density at radius 2 is 2.05 bits per heavy atom. The lowest BCUT2D eigenvalue weighted by Gasteiger charge is -2.36. The maximum atomic E-state index is 12.3. The summed E-state index contributed by atoms with van der Waals surface area (Å²) in [4.78, 5) is 12.3. The number of aromatic hydroxyl groups is 1. The van der Waals surface area contributed by atoms with E-state index in [-0.39, 0.29) is 17.2 Å². The van der Waals surface area contributed by atoms with E-state index in [9.17, 15) is 9.90 Å². The average Bonchev–Trinajstić information content (AvgIpc) is 2.43. The molecule has 0 heterocycles. The summed E-state index contributed by atoms with van der Waals surface area (Å²) in [6, 6.07) is 4.99. The molecule has 2 N–H and O–H groups in total.